The molecule has 0 spiro atoms. The summed E-state index contributed by atoms with van der Waals surface area (Å²) >= 11 is 0. The molecule has 2 N–H and O–H groups in total. The van der Waals surface area contributed by atoms with Crippen molar-refractivity contribution >= 4 is 22.8 Å². The van der Waals surface area contributed by atoms with E-state index in [-0.39, 0.29) is 24.2 Å². The van der Waals surface area contributed by atoms with Crippen LogP contribution in [0, 0.1) is 19.7 Å². The zero-order chi connectivity index (χ0) is 25.8. The number of carbonyl (C=O) groups is 2. The number of rotatable bonds is 8. The predicted octanol–water partition coefficient (Wildman–Crippen LogP) is 4.59. The number of nitrogens with one attached hydrogen (secondary N) is 1. The first-order valence-electron chi connectivity index (χ1n) is 11.3. The Balaban J connectivity index is 1.64. The number of para-hydroxylation sites is 1. The van der Waals surface area contributed by atoms with Crippen LogP contribution in [0.2, 0.25) is 0 Å². The Kier molecular flexibility index (Phi) is 7.15. The van der Waals surface area contributed by atoms with Crippen molar-refractivity contribution in [2.24, 2.45) is 0 Å². The first-order chi connectivity index (χ1) is 17.2. The molecule has 0 radical (unpaired) electrons. The SMILES string of the molecule is Cc1cc(C)c2cc(CN(Cc3ccccc3)C(=O)COc3c(F)cccc3C(=O)O)c(=O)[nH]c2c1. The summed E-state index contributed by atoms with van der Waals surface area (Å²) < 4.78 is 19.6. The van der Waals surface area contributed by atoms with Crippen LogP contribution < -0.4 is 10.3 Å². The van der Waals surface area contributed by atoms with Gasteiger partial charge in [-0.25, -0.2) is 9.18 Å². The van der Waals surface area contributed by atoms with E-state index in [2.05, 4.69) is 4.98 Å². The number of benzene rings is 3. The molecule has 0 fully saturated rings. The molecule has 0 unspecified atom stereocenters. The van der Waals surface area contributed by atoms with Crippen LogP contribution in [0.5, 0.6) is 5.75 Å². The second-order valence-corrected chi connectivity index (χ2v) is 8.61. The molecular formula is C28H25FN2O5. The average molecular weight is 489 g/mol. The van der Waals surface area contributed by atoms with Crippen LogP contribution in [0.15, 0.2) is 71.5 Å². The number of pyridine rings is 1. The monoisotopic (exact) mass is 488 g/mol. The van der Waals surface area contributed by atoms with E-state index in [1.807, 2.05) is 56.3 Å². The van der Waals surface area contributed by atoms with Gasteiger partial charge in [0.2, 0.25) is 0 Å². The van der Waals surface area contributed by atoms with Gasteiger partial charge in [-0.05, 0) is 54.8 Å². The first-order valence-corrected chi connectivity index (χ1v) is 11.3. The van der Waals surface area contributed by atoms with Crippen LogP contribution in [-0.4, -0.2) is 33.5 Å². The van der Waals surface area contributed by atoms with Crippen molar-refractivity contribution in [1.29, 1.82) is 0 Å². The van der Waals surface area contributed by atoms with Crippen LogP contribution >= 0.6 is 0 Å². The number of carboxylic acids is 1. The van der Waals surface area contributed by atoms with Gasteiger partial charge in [-0.15, -0.1) is 0 Å². The molecule has 0 aliphatic heterocycles. The number of hydrogen-bond acceptors (Lipinski definition) is 4. The Bertz CT molecular complexity index is 1500. The van der Waals surface area contributed by atoms with Crippen molar-refractivity contribution in [3.8, 4) is 5.75 Å². The van der Waals surface area contributed by atoms with Gasteiger partial charge in [0, 0.05) is 23.0 Å². The summed E-state index contributed by atoms with van der Waals surface area (Å²) in [4.78, 5) is 41.9. The van der Waals surface area contributed by atoms with Gasteiger partial charge in [0.1, 0.15) is 5.56 Å². The smallest absolute Gasteiger partial charge is 0.339 e. The number of nitrogens with zero attached hydrogens (tertiary/aromatic N) is 1. The highest BCUT2D eigenvalue weighted by Crippen LogP contribution is 2.23. The van der Waals surface area contributed by atoms with Gasteiger partial charge in [-0.1, -0.05) is 42.5 Å². The molecule has 4 aromatic rings. The van der Waals surface area contributed by atoms with Gasteiger partial charge in [0.05, 0.1) is 6.54 Å². The van der Waals surface area contributed by atoms with E-state index in [1.54, 1.807) is 6.07 Å². The maximum Gasteiger partial charge on any atom is 0.339 e. The maximum atomic E-state index is 14.3. The van der Waals surface area contributed by atoms with Crippen LogP contribution in [0.1, 0.15) is 32.6 Å². The number of aromatic nitrogens is 1. The lowest BCUT2D eigenvalue weighted by Crippen LogP contribution is -2.36. The van der Waals surface area contributed by atoms with Gasteiger partial charge in [-0.2, -0.15) is 0 Å². The van der Waals surface area contributed by atoms with Gasteiger partial charge in [-0.3, -0.25) is 9.59 Å². The summed E-state index contributed by atoms with van der Waals surface area (Å²) in [6.45, 7) is 3.46. The van der Waals surface area contributed by atoms with Gasteiger partial charge in [0.15, 0.2) is 18.2 Å². The molecule has 1 aromatic heterocycles. The number of hydrogen-bond donors (Lipinski definition) is 2. The molecule has 0 aliphatic rings. The Morgan fingerprint density at radius 2 is 1.75 bits per heavy atom. The number of aryl methyl sites for hydroxylation is 2. The third kappa shape index (κ3) is 5.43. The fourth-order valence-corrected chi connectivity index (χ4v) is 4.12. The second-order valence-electron chi connectivity index (χ2n) is 8.61. The van der Waals surface area contributed by atoms with Crippen molar-refractivity contribution in [3.63, 3.8) is 0 Å². The van der Waals surface area contributed by atoms with E-state index in [0.29, 0.717) is 11.1 Å². The molecule has 4 rings (SSSR count). The summed E-state index contributed by atoms with van der Waals surface area (Å²) in [5.74, 6) is -3.29. The summed E-state index contributed by atoms with van der Waals surface area (Å²) in [6, 6.07) is 18.4. The molecule has 36 heavy (non-hydrogen) atoms. The molecule has 0 bridgehead atoms. The normalized spacial score (nSPS) is 10.9. The number of H-pyrrole nitrogens is 1. The van der Waals surface area contributed by atoms with Crippen LogP contribution in [-0.2, 0) is 17.9 Å². The summed E-state index contributed by atoms with van der Waals surface area (Å²) in [6.07, 6.45) is 0. The lowest BCUT2D eigenvalue weighted by atomic mass is 10.0. The number of carbonyl (C=O) groups excluding carboxylic acids is 1. The van der Waals surface area contributed by atoms with Crippen molar-refractivity contribution in [3.05, 3.63) is 111 Å². The maximum absolute atomic E-state index is 14.3. The molecule has 0 saturated heterocycles. The zero-order valence-electron chi connectivity index (χ0n) is 19.9. The standard InChI is InChI=1S/C28H25FN2O5/c1-17-11-18(2)22-13-20(27(33)30-24(22)12-17)15-31(14-19-7-4-3-5-8-19)25(32)16-36-26-21(28(34)35)9-6-10-23(26)29/h3-13H,14-16H2,1-2H3,(H,30,33)(H,34,35). The van der Waals surface area contributed by atoms with Crippen molar-refractivity contribution in [1.82, 2.24) is 9.88 Å². The lowest BCUT2D eigenvalue weighted by Gasteiger charge is -2.23. The van der Waals surface area contributed by atoms with Gasteiger partial charge < -0.3 is 19.7 Å². The minimum Gasteiger partial charge on any atom is -0.480 e. The minimum atomic E-state index is -1.37. The largest absolute Gasteiger partial charge is 0.480 e. The number of halogens is 1. The fourth-order valence-electron chi connectivity index (χ4n) is 4.12. The number of aromatic carboxylic acids is 1. The summed E-state index contributed by atoms with van der Waals surface area (Å²) in [5.41, 5.74) is 3.24. The third-order valence-corrected chi connectivity index (χ3v) is 5.86. The van der Waals surface area contributed by atoms with Crippen LogP contribution in [0.25, 0.3) is 10.9 Å². The zero-order valence-corrected chi connectivity index (χ0v) is 19.9. The van der Waals surface area contributed by atoms with Crippen molar-refractivity contribution in [2.45, 2.75) is 26.9 Å². The van der Waals surface area contributed by atoms with Crippen molar-refractivity contribution in [2.75, 3.05) is 6.61 Å². The quantitative estimate of drug-likeness (QED) is 0.378. The molecule has 1 amide bonds. The third-order valence-electron chi connectivity index (χ3n) is 5.86. The Morgan fingerprint density at radius 3 is 2.47 bits per heavy atom. The highest BCUT2D eigenvalue weighted by Gasteiger charge is 2.21. The topological polar surface area (TPSA) is 99.7 Å². The molecule has 184 valence electrons. The molecule has 3 aromatic carbocycles. The highest BCUT2D eigenvalue weighted by molar-refractivity contribution is 5.91. The lowest BCUT2D eigenvalue weighted by molar-refractivity contribution is -0.134. The van der Waals surface area contributed by atoms with E-state index in [1.165, 1.54) is 17.0 Å². The van der Waals surface area contributed by atoms with E-state index in [0.717, 1.165) is 28.1 Å². The Morgan fingerprint density at radius 1 is 1.00 bits per heavy atom. The van der Waals surface area contributed by atoms with E-state index >= 15 is 0 Å². The average Bonchev–Trinajstić information content (AvgIpc) is 2.83. The number of ether oxygens (including phenoxy) is 1. The molecule has 7 nitrogen and oxygen atoms in total. The first kappa shape index (κ1) is 24.7. The molecular weight excluding hydrogens is 463 g/mol. The van der Waals surface area contributed by atoms with Crippen LogP contribution in [0.4, 0.5) is 4.39 Å². The molecule has 0 atom stereocenters. The van der Waals surface area contributed by atoms with Gasteiger partial charge in [0.25, 0.3) is 11.5 Å². The summed E-state index contributed by atoms with van der Waals surface area (Å²) in [5, 5.41) is 10.2. The van der Waals surface area contributed by atoms with E-state index < -0.39 is 30.1 Å². The van der Waals surface area contributed by atoms with Crippen molar-refractivity contribution < 1.29 is 23.8 Å². The predicted molar refractivity (Wildman–Crippen MR) is 134 cm³/mol. The van der Waals surface area contributed by atoms with Crippen LogP contribution in [0.3, 0.4) is 0 Å². The van der Waals surface area contributed by atoms with E-state index in [4.69, 9.17) is 4.74 Å². The second kappa shape index (κ2) is 10.4. The molecule has 0 aliphatic carbocycles. The minimum absolute atomic E-state index is 0.0151. The molecule has 1 heterocycles. The number of aromatic amines is 1. The summed E-state index contributed by atoms with van der Waals surface area (Å²) in [7, 11) is 0. The number of fused-ring (bicyclic) bond motifs is 1. The molecule has 0 saturated carbocycles. The Hall–Kier alpha value is -4.46. The highest BCUT2D eigenvalue weighted by atomic mass is 19.1. The number of amides is 1. The Labute approximate surface area is 206 Å². The van der Waals surface area contributed by atoms with E-state index in [9.17, 15) is 23.9 Å². The fraction of sp³-hybridized carbons (Fsp3) is 0.179. The molecule has 8 heteroatoms. The van der Waals surface area contributed by atoms with Gasteiger partial charge >= 0.3 is 5.97 Å². The number of carboxylic acid groups (broad SMARTS) is 1.